The Hall–Kier alpha value is -3.14. The Labute approximate surface area is 160 Å². The van der Waals surface area contributed by atoms with Gasteiger partial charge < -0.3 is 5.32 Å². The van der Waals surface area contributed by atoms with Gasteiger partial charge in [0, 0.05) is 23.9 Å². The van der Waals surface area contributed by atoms with Crippen LogP contribution in [0.25, 0.3) is 6.08 Å². The summed E-state index contributed by atoms with van der Waals surface area (Å²) in [4.78, 5) is 12.2. The molecule has 138 valence electrons. The lowest BCUT2D eigenvalue weighted by Crippen LogP contribution is -2.21. The number of aromatic nitrogens is 2. The van der Waals surface area contributed by atoms with Crippen LogP contribution in [0.3, 0.4) is 0 Å². The van der Waals surface area contributed by atoms with Gasteiger partial charge in [0.25, 0.3) is 0 Å². The lowest BCUT2D eigenvalue weighted by molar-refractivity contribution is -0.116. The molecule has 2 aromatic carbocycles. The molecule has 1 N–H and O–H groups in total. The molecule has 0 aliphatic rings. The standard InChI is InChI=1S/C23H25N3O/c1-17-9-7-8-12-21(17)13-14-23(27)24-15-22-18(2)25-26(19(22)3)16-20-10-5-4-6-11-20/h4-14H,15-16H2,1-3H3,(H,24,27)/b14-13+. The number of benzene rings is 2. The molecule has 0 unspecified atom stereocenters. The molecule has 0 aliphatic heterocycles. The van der Waals surface area contributed by atoms with Gasteiger partial charge in [0.05, 0.1) is 12.2 Å². The molecule has 3 rings (SSSR count). The van der Waals surface area contributed by atoms with E-state index in [2.05, 4.69) is 22.5 Å². The van der Waals surface area contributed by atoms with Crippen molar-refractivity contribution in [1.82, 2.24) is 15.1 Å². The topological polar surface area (TPSA) is 46.9 Å². The number of rotatable bonds is 6. The van der Waals surface area contributed by atoms with Crippen LogP contribution in [0.2, 0.25) is 0 Å². The van der Waals surface area contributed by atoms with E-state index in [9.17, 15) is 4.79 Å². The highest BCUT2D eigenvalue weighted by Gasteiger charge is 2.12. The average molecular weight is 359 g/mol. The summed E-state index contributed by atoms with van der Waals surface area (Å²) in [5.74, 6) is -0.104. The third-order valence-corrected chi connectivity index (χ3v) is 4.75. The Morgan fingerprint density at radius 3 is 2.48 bits per heavy atom. The number of carbonyl (C=O) groups excluding carboxylic acids is 1. The molecule has 4 nitrogen and oxygen atoms in total. The van der Waals surface area contributed by atoms with Crippen molar-refractivity contribution in [2.75, 3.05) is 0 Å². The molecule has 0 saturated carbocycles. The van der Waals surface area contributed by atoms with Crippen LogP contribution in [0, 0.1) is 20.8 Å². The number of carbonyl (C=O) groups is 1. The minimum atomic E-state index is -0.104. The molecule has 0 atom stereocenters. The van der Waals surface area contributed by atoms with Crippen LogP contribution >= 0.6 is 0 Å². The van der Waals surface area contributed by atoms with Gasteiger partial charge in [-0.1, -0.05) is 54.6 Å². The van der Waals surface area contributed by atoms with Gasteiger partial charge >= 0.3 is 0 Å². The van der Waals surface area contributed by atoms with Gasteiger partial charge in [-0.25, -0.2) is 0 Å². The van der Waals surface area contributed by atoms with E-state index in [4.69, 9.17) is 0 Å². The highest BCUT2D eigenvalue weighted by Crippen LogP contribution is 2.15. The number of nitrogens with zero attached hydrogens (tertiary/aromatic N) is 2. The summed E-state index contributed by atoms with van der Waals surface area (Å²) in [6.45, 7) is 7.27. The third-order valence-electron chi connectivity index (χ3n) is 4.75. The fourth-order valence-electron chi connectivity index (χ4n) is 3.07. The number of hydrogen-bond acceptors (Lipinski definition) is 2. The Bertz CT molecular complexity index is 955. The van der Waals surface area contributed by atoms with Crippen molar-refractivity contribution in [3.05, 3.63) is 94.3 Å². The average Bonchev–Trinajstić information content (AvgIpc) is 2.93. The molecule has 0 aliphatic carbocycles. The van der Waals surface area contributed by atoms with Gasteiger partial charge in [-0.05, 0) is 43.5 Å². The summed E-state index contributed by atoms with van der Waals surface area (Å²) >= 11 is 0. The first-order valence-corrected chi connectivity index (χ1v) is 9.13. The fourth-order valence-corrected chi connectivity index (χ4v) is 3.07. The highest BCUT2D eigenvalue weighted by molar-refractivity contribution is 5.91. The predicted molar refractivity (Wildman–Crippen MR) is 109 cm³/mol. The van der Waals surface area contributed by atoms with Gasteiger partial charge in [-0.2, -0.15) is 5.10 Å². The summed E-state index contributed by atoms with van der Waals surface area (Å²) in [7, 11) is 0. The van der Waals surface area contributed by atoms with Gasteiger partial charge in [-0.15, -0.1) is 0 Å². The maximum atomic E-state index is 12.2. The molecule has 1 amide bonds. The van der Waals surface area contributed by atoms with Gasteiger partial charge in [0.1, 0.15) is 0 Å². The Kier molecular flexibility index (Phi) is 5.87. The van der Waals surface area contributed by atoms with Crippen molar-refractivity contribution in [2.45, 2.75) is 33.9 Å². The quantitative estimate of drug-likeness (QED) is 0.671. The molecule has 3 aromatic rings. The Balaban J connectivity index is 1.64. The zero-order valence-electron chi connectivity index (χ0n) is 16.1. The molecule has 1 aromatic heterocycles. The fraction of sp³-hybridized carbons (Fsp3) is 0.217. The van der Waals surface area contributed by atoms with Crippen molar-refractivity contribution < 1.29 is 4.79 Å². The molecule has 1 heterocycles. The summed E-state index contributed by atoms with van der Waals surface area (Å²) in [5, 5.41) is 7.60. The van der Waals surface area contributed by atoms with Crippen LogP contribution in [-0.2, 0) is 17.9 Å². The lowest BCUT2D eigenvalue weighted by Gasteiger charge is -2.06. The van der Waals surface area contributed by atoms with E-state index in [-0.39, 0.29) is 5.91 Å². The number of aryl methyl sites for hydroxylation is 2. The number of nitrogens with one attached hydrogen (secondary N) is 1. The van der Waals surface area contributed by atoms with Gasteiger partial charge in [0.2, 0.25) is 5.91 Å². The highest BCUT2D eigenvalue weighted by atomic mass is 16.1. The van der Waals surface area contributed by atoms with Crippen LogP contribution < -0.4 is 5.32 Å². The van der Waals surface area contributed by atoms with E-state index >= 15 is 0 Å². The van der Waals surface area contributed by atoms with E-state index in [1.165, 1.54) is 5.56 Å². The van der Waals surface area contributed by atoms with Crippen LogP contribution in [0.15, 0.2) is 60.7 Å². The minimum absolute atomic E-state index is 0.104. The van der Waals surface area contributed by atoms with Crippen LogP contribution in [0.1, 0.15) is 33.6 Å². The third kappa shape index (κ3) is 4.73. The summed E-state index contributed by atoms with van der Waals surface area (Å²) in [6, 6.07) is 18.3. The normalized spacial score (nSPS) is 11.1. The molecule has 0 spiro atoms. The second-order valence-electron chi connectivity index (χ2n) is 6.70. The molecular formula is C23H25N3O. The molecular weight excluding hydrogens is 334 g/mol. The molecule has 4 heteroatoms. The summed E-state index contributed by atoms with van der Waals surface area (Å²) < 4.78 is 2.00. The first kappa shape index (κ1) is 18.6. The van der Waals surface area contributed by atoms with Crippen molar-refractivity contribution in [3.8, 4) is 0 Å². The maximum absolute atomic E-state index is 12.2. The first-order chi connectivity index (χ1) is 13.0. The van der Waals surface area contributed by atoms with Crippen LogP contribution in [-0.4, -0.2) is 15.7 Å². The zero-order chi connectivity index (χ0) is 19.2. The van der Waals surface area contributed by atoms with E-state index in [0.29, 0.717) is 6.54 Å². The van der Waals surface area contributed by atoms with Gasteiger partial charge in [0.15, 0.2) is 0 Å². The molecule has 0 saturated heterocycles. The second kappa shape index (κ2) is 8.49. The van der Waals surface area contributed by atoms with E-state index in [0.717, 1.165) is 34.6 Å². The monoisotopic (exact) mass is 359 g/mol. The number of amides is 1. The van der Waals surface area contributed by atoms with Crippen molar-refractivity contribution in [2.24, 2.45) is 0 Å². The lowest BCUT2D eigenvalue weighted by atomic mass is 10.1. The van der Waals surface area contributed by atoms with Crippen LogP contribution in [0.5, 0.6) is 0 Å². The molecule has 0 fully saturated rings. The molecule has 27 heavy (non-hydrogen) atoms. The SMILES string of the molecule is Cc1ccccc1/C=C/C(=O)NCc1c(C)nn(Cc2ccccc2)c1C. The van der Waals surface area contributed by atoms with E-state index in [1.807, 2.05) is 74.0 Å². The van der Waals surface area contributed by atoms with Crippen LogP contribution in [0.4, 0.5) is 0 Å². The maximum Gasteiger partial charge on any atom is 0.244 e. The Morgan fingerprint density at radius 2 is 1.74 bits per heavy atom. The molecule has 0 bridgehead atoms. The number of hydrogen-bond donors (Lipinski definition) is 1. The predicted octanol–water partition coefficient (Wildman–Crippen LogP) is 4.19. The first-order valence-electron chi connectivity index (χ1n) is 9.13. The Morgan fingerprint density at radius 1 is 1.04 bits per heavy atom. The summed E-state index contributed by atoms with van der Waals surface area (Å²) in [5.41, 5.74) is 6.51. The van der Waals surface area contributed by atoms with Gasteiger partial charge in [-0.3, -0.25) is 9.48 Å². The van der Waals surface area contributed by atoms with E-state index < -0.39 is 0 Å². The van der Waals surface area contributed by atoms with Crippen molar-refractivity contribution >= 4 is 12.0 Å². The zero-order valence-corrected chi connectivity index (χ0v) is 16.1. The van der Waals surface area contributed by atoms with Crippen molar-refractivity contribution in [3.63, 3.8) is 0 Å². The van der Waals surface area contributed by atoms with Crippen molar-refractivity contribution in [1.29, 1.82) is 0 Å². The second-order valence-corrected chi connectivity index (χ2v) is 6.70. The largest absolute Gasteiger partial charge is 0.348 e. The minimum Gasteiger partial charge on any atom is -0.348 e. The summed E-state index contributed by atoms with van der Waals surface area (Å²) in [6.07, 6.45) is 3.44. The smallest absolute Gasteiger partial charge is 0.244 e. The molecule has 0 radical (unpaired) electrons. The van der Waals surface area contributed by atoms with E-state index in [1.54, 1.807) is 6.08 Å².